The molecule has 5 rings (SSSR count). The lowest BCUT2D eigenvalue weighted by atomic mass is 9.87. The summed E-state index contributed by atoms with van der Waals surface area (Å²) in [5.74, 6) is -1.13. The van der Waals surface area contributed by atoms with Crippen LogP contribution in [0.2, 0.25) is 0 Å². The van der Waals surface area contributed by atoms with E-state index >= 15 is 0 Å². The van der Waals surface area contributed by atoms with E-state index in [9.17, 15) is 18.3 Å². The number of hydrogen-bond donors (Lipinski definition) is 1. The summed E-state index contributed by atoms with van der Waals surface area (Å²) in [7, 11) is -3.70. The molecule has 1 unspecified atom stereocenters. The Morgan fingerprint density at radius 3 is 2.66 bits per heavy atom. The molecule has 0 saturated carbocycles. The summed E-state index contributed by atoms with van der Waals surface area (Å²) in [6.45, 7) is 6.58. The van der Waals surface area contributed by atoms with Gasteiger partial charge >= 0.3 is 5.97 Å². The summed E-state index contributed by atoms with van der Waals surface area (Å²) >= 11 is 0. The molecule has 2 aromatic carbocycles. The lowest BCUT2D eigenvalue weighted by Gasteiger charge is -2.30. The van der Waals surface area contributed by atoms with Crippen LogP contribution in [0.25, 0.3) is 5.52 Å². The Balaban J connectivity index is 1.53. The maximum atomic E-state index is 13.8. The third kappa shape index (κ3) is 5.08. The highest BCUT2D eigenvalue weighted by atomic mass is 32.2. The van der Waals surface area contributed by atoms with E-state index in [1.54, 1.807) is 21.0 Å². The molecule has 9 heteroatoms. The van der Waals surface area contributed by atoms with Crippen LogP contribution in [-0.4, -0.2) is 45.2 Å². The molecule has 1 aliphatic heterocycles. The molecule has 38 heavy (non-hydrogen) atoms. The van der Waals surface area contributed by atoms with Crippen LogP contribution in [0.5, 0.6) is 0 Å². The average molecular weight is 533 g/mol. The molecule has 4 aromatic rings. The molecule has 8 nitrogen and oxygen atoms in total. The van der Waals surface area contributed by atoms with Gasteiger partial charge in [-0.15, -0.1) is 5.10 Å². The molecular weight excluding hydrogens is 500 g/mol. The zero-order valence-electron chi connectivity index (χ0n) is 21.8. The summed E-state index contributed by atoms with van der Waals surface area (Å²) in [5.41, 5.74) is 5.98. The predicted molar refractivity (Wildman–Crippen MR) is 145 cm³/mol. The Kier molecular flexibility index (Phi) is 7.07. The predicted octanol–water partition coefficient (Wildman–Crippen LogP) is 4.73. The highest BCUT2D eigenvalue weighted by Gasteiger charge is 2.31. The summed E-state index contributed by atoms with van der Waals surface area (Å²) in [4.78, 5) is 12.3. The molecule has 0 saturated heterocycles. The van der Waals surface area contributed by atoms with Crippen molar-refractivity contribution in [3.8, 4) is 0 Å². The molecule has 0 fully saturated rings. The van der Waals surface area contributed by atoms with Crippen LogP contribution in [0.1, 0.15) is 59.2 Å². The Labute approximate surface area is 223 Å². The van der Waals surface area contributed by atoms with E-state index in [1.165, 1.54) is 0 Å². The number of aliphatic carboxylic acids is 1. The van der Waals surface area contributed by atoms with Gasteiger partial charge in [0.1, 0.15) is 0 Å². The van der Waals surface area contributed by atoms with Crippen LogP contribution in [0, 0.1) is 19.8 Å². The summed E-state index contributed by atoms with van der Waals surface area (Å²) in [5, 5.41) is 18.0. The van der Waals surface area contributed by atoms with Gasteiger partial charge in [-0.25, -0.2) is 12.9 Å². The Hall–Kier alpha value is -3.56. The molecule has 0 radical (unpaired) electrons. The van der Waals surface area contributed by atoms with Crippen molar-refractivity contribution in [2.75, 3.05) is 6.54 Å². The molecule has 0 bridgehead atoms. The number of hydrogen-bond acceptors (Lipinski definition) is 5. The Bertz CT molecular complexity index is 1610. The number of benzene rings is 2. The summed E-state index contributed by atoms with van der Waals surface area (Å²) in [6, 6.07) is 16.9. The number of nitrogens with zero attached hydrogens (tertiary/aromatic N) is 4. The van der Waals surface area contributed by atoms with Crippen molar-refractivity contribution in [1.82, 2.24) is 19.1 Å². The zero-order chi connectivity index (χ0) is 27.0. The largest absolute Gasteiger partial charge is 0.481 e. The highest BCUT2D eigenvalue weighted by Crippen LogP contribution is 2.32. The van der Waals surface area contributed by atoms with E-state index in [2.05, 4.69) is 17.2 Å². The third-order valence-corrected chi connectivity index (χ3v) is 9.44. The minimum atomic E-state index is -3.70. The van der Waals surface area contributed by atoms with Gasteiger partial charge in [-0.2, -0.15) is 4.31 Å². The number of sulfonamides is 1. The van der Waals surface area contributed by atoms with Crippen molar-refractivity contribution in [3.63, 3.8) is 0 Å². The van der Waals surface area contributed by atoms with E-state index in [-0.39, 0.29) is 18.9 Å². The SMILES string of the molecule is Cc1ccc(C(CC(=O)O)c2ccc3c(C)nnn3c2)cc1CN1C[C@@H](C)CCc2ccccc2S1(=O)=O. The van der Waals surface area contributed by atoms with Gasteiger partial charge in [-0.05, 0) is 72.6 Å². The zero-order valence-corrected chi connectivity index (χ0v) is 22.6. The van der Waals surface area contributed by atoms with Gasteiger partial charge in [0.25, 0.3) is 0 Å². The second kappa shape index (κ2) is 10.3. The van der Waals surface area contributed by atoms with Crippen LogP contribution < -0.4 is 0 Å². The smallest absolute Gasteiger partial charge is 0.304 e. The van der Waals surface area contributed by atoms with Crippen LogP contribution in [0.4, 0.5) is 0 Å². The first kappa shape index (κ1) is 26.1. The Morgan fingerprint density at radius 1 is 1.11 bits per heavy atom. The number of fused-ring (bicyclic) bond motifs is 2. The number of carboxylic acids is 1. The topological polar surface area (TPSA) is 105 Å². The maximum Gasteiger partial charge on any atom is 0.304 e. The normalized spacial score (nSPS) is 18.4. The number of carbonyl (C=O) groups is 1. The summed E-state index contributed by atoms with van der Waals surface area (Å²) in [6.07, 6.45) is 3.37. The van der Waals surface area contributed by atoms with Gasteiger partial charge in [0.2, 0.25) is 10.0 Å². The fraction of sp³-hybridized carbons (Fsp3) is 0.345. The van der Waals surface area contributed by atoms with E-state index < -0.39 is 21.9 Å². The van der Waals surface area contributed by atoms with Crippen LogP contribution >= 0.6 is 0 Å². The maximum absolute atomic E-state index is 13.8. The lowest BCUT2D eigenvalue weighted by Crippen LogP contribution is -2.36. The number of aryl methyl sites for hydroxylation is 3. The van der Waals surface area contributed by atoms with E-state index in [0.29, 0.717) is 11.4 Å². The first-order valence-corrected chi connectivity index (χ1v) is 14.3. The third-order valence-electron chi connectivity index (χ3n) is 7.53. The molecule has 0 aliphatic carbocycles. The van der Waals surface area contributed by atoms with E-state index in [4.69, 9.17) is 0 Å². The minimum absolute atomic E-state index is 0.103. The van der Waals surface area contributed by atoms with E-state index in [1.807, 2.05) is 62.5 Å². The molecule has 1 aliphatic rings. The van der Waals surface area contributed by atoms with Gasteiger partial charge in [-0.3, -0.25) is 4.79 Å². The fourth-order valence-corrected chi connectivity index (χ4v) is 7.09. The molecule has 1 N–H and O–H groups in total. The standard InChI is InChI=1S/C29H32N4O4S/c1-19-8-10-22-6-4-5-7-28(22)38(36,37)32(16-19)17-25-14-23(11-9-20(25)2)26(15-29(34)35)24-12-13-27-21(3)30-31-33(27)18-24/h4-7,9,11-14,18-19,26H,8,10,15-17H2,1-3H3,(H,34,35)/t19-,26?/m0/s1. The minimum Gasteiger partial charge on any atom is -0.481 e. The Morgan fingerprint density at radius 2 is 1.87 bits per heavy atom. The second-order valence-electron chi connectivity index (χ2n) is 10.4. The average Bonchev–Trinajstić information content (AvgIpc) is 3.26. The van der Waals surface area contributed by atoms with Gasteiger partial charge in [0.05, 0.1) is 22.5 Å². The van der Waals surface area contributed by atoms with E-state index in [0.717, 1.165) is 51.9 Å². The molecular formula is C29H32N4O4S. The molecule has 198 valence electrons. The summed E-state index contributed by atoms with van der Waals surface area (Å²) < 4.78 is 30.8. The van der Waals surface area contributed by atoms with Gasteiger partial charge in [0, 0.05) is 25.2 Å². The van der Waals surface area contributed by atoms with Crippen molar-refractivity contribution in [2.45, 2.75) is 57.4 Å². The van der Waals surface area contributed by atoms with Crippen molar-refractivity contribution < 1.29 is 18.3 Å². The number of rotatable bonds is 6. The first-order valence-electron chi connectivity index (χ1n) is 12.8. The van der Waals surface area contributed by atoms with Crippen molar-refractivity contribution in [3.05, 3.63) is 94.3 Å². The van der Waals surface area contributed by atoms with Gasteiger partial charge in [0.15, 0.2) is 0 Å². The van der Waals surface area contributed by atoms with Crippen molar-refractivity contribution >= 4 is 21.5 Å². The van der Waals surface area contributed by atoms with Gasteiger partial charge in [-0.1, -0.05) is 54.6 Å². The fourth-order valence-electron chi connectivity index (χ4n) is 5.30. The monoisotopic (exact) mass is 532 g/mol. The second-order valence-corrected chi connectivity index (χ2v) is 12.3. The van der Waals surface area contributed by atoms with Gasteiger partial charge < -0.3 is 5.11 Å². The van der Waals surface area contributed by atoms with Crippen molar-refractivity contribution in [2.24, 2.45) is 5.92 Å². The molecule has 2 aromatic heterocycles. The number of aromatic nitrogens is 3. The number of pyridine rings is 1. The molecule has 0 amide bonds. The lowest BCUT2D eigenvalue weighted by molar-refractivity contribution is -0.137. The van der Waals surface area contributed by atoms with Crippen LogP contribution in [-0.2, 0) is 27.8 Å². The highest BCUT2D eigenvalue weighted by molar-refractivity contribution is 7.89. The van der Waals surface area contributed by atoms with Crippen LogP contribution in [0.15, 0.2) is 65.7 Å². The molecule has 0 spiro atoms. The van der Waals surface area contributed by atoms with Crippen LogP contribution in [0.3, 0.4) is 0 Å². The first-order chi connectivity index (χ1) is 18.1. The number of carboxylic acid groups (broad SMARTS) is 1. The quantitative estimate of drug-likeness (QED) is 0.385. The molecule has 2 atom stereocenters. The molecule has 3 heterocycles. The van der Waals surface area contributed by atoms with Crippen molar-refractivity contribution in [1.29, 1.82) is 0 Å².